The highest BCUT2D eigenvalue weighted by Crippen LogP contribution is 2.35. The summed E-state index contributed by atoms with van der Waals surface area (Å²) >= 11 is 0. The second kappa shape index (κ2) is 3.31. The quantitative estimate of drug-likeness (QED) is 0.625. The smallest absolute Gasteiger partial charge is 0.227 e. The molecule has 0 aromatic heterocycles. The van der Waals surface area contributed by atoms with Gasteiger partial charge in [-0.25, -0.2) is 4.39 Å². The van der Waals surface area contributed by atoms with Gasteiger partial charge in [-0.2, -0.15) is 0 Å². The summed E-state index contributed by atoms with van der Waals surface area (Å²) in [5, 5.41) is 5.67. The maximum atomic E-state index is 12.1. The van der Waals surface area contributed by atoms with Crippen LogP contribution in [0.1, 0.15) is 12.8 Å². The molecule has 2 rings (SSSR count). The molecule has 78 valence electrons. The van der Waals surface area contributed by atoms with Crippen LogP contribution in [0.2, 0.25) is 0 Å². The lowest BCUT2D eigenvalue weighted by atomic mass is 9.83. The molecule has 0 saturated carbocycles. The van der Waals surface area contributed by atoms with Gasteiger partial charge in [0.15, 0.2) is 5.78 Å². The Morgan fingerprint density at radius 2 is 2.43 bits per heavy atom. The van der Waals surface area contributed by atoms with Crippen LogP contribution >= 0.6 is 0 Å². The fourth-order valence-corrected chi connectivity index (χ4v) is 2.25. The van der Waals surface area contributed by atoms with Crippen LogP contribution in [0.4, 0.5) is 4.39 Å². The van der Waals surface area contributed by atoms with Crippen LogP contribution in [0, 0.1) is 5.41 Å². The van der Waals surface area contributed by atoms with Crippen LogP contribution in [0.5, 0.6) is 0 Å². The molecule has 0 bridgehead atoms. The van der Waals surface area contributed by atoms with Crippen LogP contribution in [0.15, 0.2) is 0 Å². The Balaban J connectivity index is 2.06. The molecular weight excluding hydrogens is 187 g/mol. The Morgan fingerprint density at radius 3 is 3.00 bits per heavy atom. The Hall–Kier alpha value is -0.970. The number of Topliss-reactive ketones (excluding diaryl/α,β-unsaturated/α-hetero) is 1. The molecule has 2 aliphatic rings. The lowest BCUT2D eigenvalue weighted by Crippen LogP contribution is -2.32. The molecule has 4 nitrogen and oxygen atoms in total. The molecule has 1 amide bonds. The second-order valence-corrected chi connectivity index (χ2v) is 4.02. The fourth-order valence-electron chi connectivity index (χ4n) is 2.25. The average Bonchev–Trinajstić information content (AvgIpc) is 2.76. The lowest BCUT2D eigenvalue weighted by molar-refractivity contribution is -0.127. The summed E-state index contributed by atoms with van der Waals surface area (Å²) in [6, 6.07) is -0.469. The molecular formula is C9H13FN2O2. The number of hydrogen-bond acceptors (Lipinski definition) is 3. The summed E-state index contributed by atoms with van der Waals surface area (Å²) in [6.45, 7) is 0.210. The van der Waals surface area contributed by atoms with Gasteiger partial charge < -0.3 is 10.6 Å². The van der Waals surface area contributed by atoms with E-state index in [-0.39, 0.29) is 5.91 Å². The predicted molar refractivity (Wildman–Crippen MR) is 47.4 cm³/mol. The molecule has 2 atom stereocenters. The highest BCUT2D eigenvalue weighted by Gasteiger charge is 2.49. The summed E-state index contributed by atoms with van der Waals surface area (Å²) in [4.78, 5) is 22.6. The van der Waals surface area contributed by atoms with Gasteiger partial charge >= 0.3 is 0 Å². The SMILES string of the molecule is O=C(CF)C1CC2(CCNC2=O)CN1. The van der Waals surface area contributed by atoms with E-state index >= 15 is 0 Å². The summed E-state index contributed by atoms with van der Waals surface area (Å²) in [5.74, 6) is -0.444. The fraction of sp³-hybridized carbons (Fsp3) is 0.778. The molecule has 5 heteroatoms. The first-order chi connectivity index (χ1) is 6.68. The van der Waals surface area contributed by atoms with Crippen molar-refractivity contribution >= 4 is 11.7 Å². The first-order valence-corrected chi connectivity index (χ1v) is 4.78. The number of ketones is 1. The van der Waals surface area contributed by atoms with Crippen molar-refractivity contribution in [1.29, 1.82) is 0 Å². The molecule has 0 aromatic rings. The topological polar surface area (TPSA) is 58.2 Å². The number of carbonyl (C=O) groups excluding carboxylic acids is 2. The zero-order chi connectivity index (χ0) is 10.2. The minimum absolute atomic E-state index is 0.000779. The molecule has 0 aromatic carbocycles. The minimum atomic E-state index is -0.949. The van der Waals surface area contributed by atoms with Gasteiger partial charge in [0.1, 0.15) is 6.67 Å². The first kappa shape index (κ1) is 9.58. The van der Waals surface area contributed by atoms with Crippen molar-refractivity contribution in [2.75, 3.05) is 19.8 Å². The zero-order valence-corrected chi connectivity index (χ0v) is 7.81. The standard InChI is InChI=1S/C9H13FN2O2/c10-4-7(13)6-3-9(5-12-6)1-2-11-8(9)14/h6,12H,1-5H2,(H,11,14). The minimum Gasteiger partial charge on any atom is -0.356 e. The summed E-state index contributed by atoms with van der Waals surface area (Å²) in [7, 11) is 0. The zero-order valence-electron chi connectivity index (χ0n) is 7.81. The molecule has 0 radical (unpaired) electrons. The van der Waals surface area contributed by atoms with Crippen LogP contribution in [-0.2, 0) is 9.59 Å². The van der Waals surface area contributed by atoms with Crippen molar-refractivity contribution in [2.24, 2.45) is 5.41 Å². The maximum Gasteiger partial charge on any atom is 0.227 e. The van der Waals surface area contributed by atoms with E-state index in [1.165, 1.54) is 0 Å². The largest absolute Gasteiger partial charge is 0.356 e. The van der Waals surface area contributed by atoms with E-state index in [4.69, 9.17) is 0 Å². The number of hydrogen-bond donors (Lipinski definition) is 2. The van der Waals surface area contributed by atoms with Gasteiger partial charge in [-0.05, 0) is 12.8 Å². The summed E-state index contributed by atoms with van der Waals surface area (Å²) < 4.78 is 12.1. The number of amides is 1. The van der Waals surface area contributed by atoms with Gasteiger partial charge in [-0.1, -0.05) is 0 Å². The van der Waals surface area contributed by atoms with Crippen molar-refractivity contribution in [3.05, 3.63) is 0 Å². The Bertz CT molecular complexity index is 282. The van der Waals surface area contributed by atoms with Crippen LogP contribution in [0.25, 0.3) is 0 Å². The van der Waals surface area contributed by atoms with Gasteiger partial charge in [0.05, 0.1) is 11.5 Å². The van der Waals surface area contributed by atoms with Gasteiger partial charge in [0.25, 0.3) is 0 Å². The number of alkyl halides is 1. The summed E-state index contributed by atoms with van der Waals surface area (Å²) in [6.07, 6.45) is 1.19. The van der Waals surface area contributed by atoms with E-state index in [0.29, 0.717) is 19.5 Å². The van der Waals surface area contributed by atoms with Crippen molar-refractivity contribution in [3.63, 3.8) is 0 Å². The molecule has 2 heterocycles. The molecule has 2 fully saturated rings. The van der Waals surface area contributed by atoms with Crippen LogP contribution < -0.4 is 10.6 Å². The highest BCUT2D eigenvalue weighted by atomic mass is 19.1. The van der Waals surface area contributed by atoms with E-state index in [1.807, 2.05) is 0 Å². The average molecular weight is 200 g/mol. The number of halogens is 1. The third kappa shape index (κ3) is 1.32. The Morgan fingerprint density at radius 1 is 1.64 bits per heavy atom. The normalized spacial score (nSPS) is 36.4. The Labute approximate surface area is 81.2 Å². The van der Waals surface area contributed by atoms with Crippen LogP contribution in [0.3, 0.4) is 0 Å². The van der Waals surface area contributed by atoms with E-state index in [1.54, 1.807) is 0 Å². The van der Waals surface area contributed by atoms with E-state index < -0.39 is 23.9 Å². The van der Waals surface area contributed by atoms with Crippen LogP contribution in [-0.4, -0.2) is 37.5 Å². The molecule has 2 aliphatic heterocycles. The molecule has 2 N–H and O–H groups in total. The van der Waals surface area contributed by atoms with E-state index in [0.717, 1.165) is 6.42 Å². The molecule has 14 heavy (non-hydrogen) atoms. The molecule has 0 aliphatic carbocycles. The maximum absolute atomic E-state index is 12.1. The van der Waals surface area contributed by atoms with Gasteiger partial charge in [0, 0.05) is 13.1 Å². The summed E-state index contributed by atoms with van der Waals surface area (Å²) in [5.41, 5.74) is -0.449. The number of nitrogens with one attached hydrogen (secondary N) is 2. The third-order valence-corrected chi connectivity index (χ3v) is 3.17. The van der Waals surface area contributed by atoms with Gasteiger partial charge in [-0.15, -0.1) is 0 Å². The molecule has 1 spiro atoms. The van der Waals surface area contributed by atoms with E-state index in [9.17, 15) is 14.0 Å². The van der Waals surface area contributed by atoms with Crippen molar-refractivity contribution in [3.8, 4) is 0 Å². The van der Waals surface area contributed by atoms with Gasteiger partial charge in [-0.3, -0.25) is 9.59 Å². The predicted octanol–water partition coefficient (Wildman–Crippen LogP) is -0.607. The highest BCUT2D eigenvalue weighted by molar-refractivity contribution is 5.90. The lowest BCUT2D eigenvalue weighted by Gasteiger charge is -2.17. The Kier molecular flexibility index (Phi) is 2.26. The van der Waals surface area contributed by atoms with Crippen molar-refractivity contribution < 1.29 is 14.0 Å². The third-order valence-electron chi connectivity index (χ3n) is 3.17. The van der Waals surface area contributed by atoms with Gasteiger partial charge in [0.2, 0.25) is 5.91 Å². The monoisotopic (exact) mass is 200 g/mol. The first-order valence-electron chi connectivity index (χ1n) is 4.78. The van der Waals surface area contributed by atoms with Crippen molar-refractivity contribution in [1.82, 2.24) is 10.6 Å². The second-order valence-electron chi connectivity index (χ2n) is 4.02. The number of carbonyl (C=O) groups is 2. The van der Waals surface area contributed by atoms with Crippen molar-refractivity contribution in [2.45, 2.75) is 18.9 Å². The van der Waals surface area contributed by atoms with E-state index in [2.05, 4.69) is 10.6 Å². The number of rotatable bonds is 2. The molecule has 2 saturated heterocycles. The molecule has 2 unspecified atom stereocenters.